The molecule has 0 N–H and O–H groups in total. The van der Waals surface area contributed by atoms with Gasteiger partial charge < -0.3 is 3.87 Å². The number of halogens is 3. The molecule has 0 aromatic heterocycles. The molecule has 0 unspecified atom stereocenters. The third kappa shape index (κ3) is 4.46. The molecule has 8 heteroatoms. The molecule has 0 rings (SSSR count). The van der Waals surface area contributed by atoms with E-state index in [-0.39, 0.29) is 0 Å². The van der Waals surface area contributed by atoms with Crippen molar-refractivity contribution >= 4 is 18.4 Å². The van der Waals surface area contributed by atoms with E-state index in [1.807, 2.05) is 13.8 Å². The summed E-state index contributed by atoms with van der Waals surface area (Å²) >= 11 is 0. The Balaban J connectivity index is 5.63. The predicted octanol–water partition coefficient (Wildman–Crippen LogP) is 4.42. The van der Waals surface area contributed by atoms with Gasteiger partial charge >= 0.3 is 15.6 Å². The summed E-state index contributed by atoms with van der Waals surface area (Å²) in [6, 6.07) is 0.805. The number of rotatable bonds is 6. The highest BCUT2D eigenvalue weighted by atomic mass is 32.2. The van der Waals surface area contributed by atoms with Crippen LogP contribution < -0.4 is 0 Å². The molecular weight excluding hydrogens is 297 g/mol. The van der Waals surface area contributed by atoms with Gasteiger partial charge in [0.25, 0.3) is 0 Å². The first-order chi connectivity index (χ1) is 8.33. The zero-order valence-electron chi connectivity index (χ0n) is 12.1. The summed E-state index contributed by atoms with van der Waals surface area (Å²) in [5.41, 5.74) is -5.35. The lowest BCUT2D eigenvalue weighted by molar-refractivity contribution is -0.0505. The molecule has 116 valence electrons. The molecule has 0 aromatic carbocycles. The van der Waals surface area contributed by atoms with Crippen molar-refractivity contribution in [1.82, 2.24) is 0 Å². The van der Waals surface area contributed by atoms with Crippen molar-refractivity contribution in [2.75, 3.05) is 0 Å². The van der Waals surface area contributed by atoms with Crippen LogP contribution in [0.4, 0.5) is 13.2 Å². The second-order valence-corrected chi connectivity index (χ2v) is 12.3. The summed E-state index contributed by atoms with van der Waals surface area (Å²) in [5, 5.41) is -0.572. The van der Waals surface area contributed by atoms with Crippen LogP contribution in [-0.4, -0.2) is 22.2 Å². The minimum Gasteiger partial charge on any atom is -0.307 e. The molecule has 0 aliphatic rings. The van der Waals surface area contributed by atoms with Crippen molar-refractivity contribution in [3.05, 3.63) is 0 Å². The smallest absolute Gasteiger partial charge is 0.307 e. The highest BCUT2D eigenvalue weighted by Gasteiger charge is 2.56. The number of alkyl halides is 3. The Labute approximate surface area is 114 Å². The SMILES string of the molecule is CCC[Si](CCC)(OS(=O)(=O)C(F)(F)F)C(C)(C)C. The molecule has 0 aliphatic carbocycles. The topological polar surface area (TPSA) is 43.4 Å². The zero-order valence-corrected chi connectivity index (χ0v) is 13.9. The normalized spacial score (nSPS) is 14.7. The first kappa shape index (κ1) is 18.9. The van der Waals surface area contributed by atoms with Gasteiger partial charge in [-0.2, -0.15) is 21.6 Å². The molecular formula is C11H23F3O3SSi. The van der Waals surface area contributed by atoms with Crippen molar-refractivity contribution in [3.8, 4) is 0 Å². The summed E-state index contributed by atoms with van der Waals surface area (Å²) in [7, 11) is -8.57. The molecule has 0 fully saturated rings. The van der Waals surface area contributed by atoms with Crippen LogP contribution in [0.15, 0.2) is 0 Å². The highest BCUT2D eigenvalue weighted by Crippen LogP contribution is 2.46. The van der Waals surface area contributed by atoms with E-state index in [0.717, 1.165) is 0 Å². The van der Waals surface area contributed by atoms with Crippen LogP contribution in [0.25, 0.3) is 0 Å². The van der Waals surface area contributed by atoms with Gasteiger partial charge in [-0.25, -0.2) is 0 Å². The van der Waals surface area contributed by atoms with E-state index in [1.54, 1.807) is 20.8 Å². The van der Waals surface area contributed by atoms with Gasteiger partial charge in [0.1, 0.15) is 0 Å². The molecule has 0 aromatic rings. The van der Waals surface area contributed by atoms with Gasteiger partial charge in [-0.3, -0.25) is 0 Å². The molecule has 0 aliphatic heterocycles. The van der Waals surface area contributed by atoms with Gasteiger partial charge in [0.2, 0.25) is 8.32 Å². The maximum absolute atomic E-state index is 12.5. The zero-order chi connectivity index (χ0) is 15.5. The van der Waals surface area contributed by atoms with Crippen molar-refractivity contribution in [2.45, 2.75) is 70.1 Å². The van der Waals surface area contributed by atoms with E-state index in [1.165, 1.54) is 0 Å². The van der Waals surface area contributed by atoms with Crippen LogP contribution in [0.3, 0.4) is 0 Å². The molecule has 0 atom stereocenters. The monoisotopic (exact) mass is 320 g/mol. The Morgan fingerprint density at radius 1 is 1.00 bits per heavy atom. The Bertz CT molecular complexity index is 379. The van der Waals surface area contributed by atoms with Crippen LogP contribution in [0, 0.1) is 0 Å². The van der Waals surface area contributed by atoms with Crippen molar-refractivity contribution in [3.63, 3.8) is 0 Å². The summed E-state index contributed by atoms with van der Waals surface area (Å²) in [6.45, 7) is 8.93. The van der Waals surface area contributed by atoms with E-state index < -0.39 is 29.0 Å². The van der Waals surface area contributed by atoms with Crippen LogP contribution in [0.5, 0.6) is 0 Å². The minimum absolute atomic E-state index is 0.402. The van der Waals surface area contributed by atoms with Crippen LogP contribution >= 0.6 is 0 Å². The van der Waals surface area contributed by atoms with Crippen LogP contribution in [0.2, 0.25) is 17.1 Å². The van der Waals surface area contributed by atoms with Crippen LogP contribution in [-0.2, 0) is 14.0 Å². The predicted molar refractivity (Wildman–Crippen MR) is 71.7 cm³/mol. The van der Waals surface area contributed by atoms with Crippen molar-refractivity contribution < 1.29 is 25.5 Å². The summed E-state index contributed by atoms with van der Waals surface area (Å²) in [4.78, 5) is 0. The van der Waals surface area contributed by atoms with Gasteiger partial charge in [-0.15, -0.1) is 0 Å². The quantitative estimate of drug-likeness (QED) is 0.537. The van der Waals surface area contributed by atoms with E-state index >= 15 is 0 Å². The molecule has 0 saturated carbocycles. The lowest BCUT2D eigenvalue weighted by Crippen LogP contribution is -2.50. The van der Waals surface area contributed by atoms with E-state index in [9.17, 15) is 21.6 Å². The Morgan fingerprint density at radius 3 is 1.58 bits per heavy atom. The first-order valence-corrected chi connectivity index (χ1v) is 10.1. The largest absolute Gasteiger partial charge is 0.522 e. The lowest BCUT2D eigenvalue weighted by Gasteiger charge is -2.41. The molecule has 0 amide bonds. The number of hydrogen-bond acceptors (Lipinski definition) is 3. The van der Waals surface area contributed by atoms with E-state index in [0.29, 0.717) is 24.9 Å². The van der Waals surface area contributed by atoms with Gasteiger partial charge in [-0.05, 0) is 17.1 Å². The third-order valence-electron chi connectivity index (χ3n) is 3.23. The molecule has 3 nitrogen and oxygen atoms in total. The summed E-state index contributed by atoms with van der Waals surface area (Å²) < 4.78 is 65.1. The molecule has 0 heterocycles. The maximum atomic E-state index is 12.5. The average molecular weight is 320 g/mol. The Morgan fingerprint density at radius 2 is 1.37 bits per heavy atom. The fourth-order valence-corrected chi connectivity index (χ4v) is 9.24. The van der Waals surface area contributed by atoms with E-state index in [2.05, 4.69) is 0 Å². The summed E-state index contributed by atoms with van der Waals surface area (Å²) in [6.07, 6.45) is 1.22. The molecule has 19 heavy (non-hydrogen) atoms. The van der Waals surface area contributed by atoms with Gasteiger partial charge in [0.05, 0.1) is 0 Å². The molecule has 0 bridgehead atoms. The second-order valence-electron chi connectivity index (χ2n) is 5.73. The van der Waals surface area contributed by atoms with Crippen molar-refractivity contribution in [2.24, 2.45) is 0 Å². The van der Waals surface area contributed by atoms with Crippen molar-refractivity contribution in [1.29, 1.82) is 0 Å². The van der Waals surface area contributed by atoms with E-state index in [4.69, 9.17) is 3.87 Å². The molecule has 0 radical (unpaired) electrons. The molecule has 0 spiro atoms. The van der Waals surface area contributed by atoms with Crippen LogP contribution in [0.1, 0.15) is 47.5 Å². The van der Waals surface area contributed by atoms with Gasteiger partial charge in [-0.1, -0.05) is 47.5 Å². The fraction of sp³-hybridized carbons (Fsp3) is 1.00. The molecule has 0 saturated heterocycles. The Kier molecular flexibility index (Phi) is 6.11. The minimum atomic E-state index is -5.52. The standard InChI is InChI=1S/C11H23F3O3SSi/c1-6-8-19(9-7-2,10(3,4)5)17-18(15,16)11(12,13)14/h6-9H2,1-5H3. The maximum Gasteiger partial charge on any atom is 0.522 e. The highest BCUT2D eigenvalue weighted by molar-refractivity contribution is 7.88. The average Bonchev–Trinajstić information content (AvgIpc) is 2.13. The summed E-state index contributed by atoms with van der Waals surface area (Å²) in [5.74, 6) is 0. The van der Waals surface area contributed by atoms with Gasteiger partial charge in [0.15, 0.2) is 0 Å². The first-order valence-electron chi connectivity index (χ1n) is 6.35. The number of hydrogen-bond donors (Lipinski definition) is 0. The Hall–Kier alpha value is -0.0831. The second kappa shape index (κ2) is 6.13. The fourth-order valence-electron chi connectivity index (χ4n) is 2.15. The third-order valence-corrected chi connectivity index (χ3v) is 11.3. The lowest BCUT2D eigenvalue weighted by atomic mass is 10.2. The van der Waals surface area contributed by atoms with Gasteiger partial charge in [0, 0.05) is 0 Å².